The molecule has 7 aliphatic rings. The zero-order valence-electron chi connectivity index (χ0n) is 33.9. The van der Waals surface area contributed by atoms with Gasteiger partial charge in [0.05, 0.1) is 30.7 Å². The highest BCUT2D eigenvalue weighted by Gasteiger charge is 2.79. The first-order valence-electron chi connectivity index (χ1n) is 20.8. The Hall–Kier alpha value is -1.68. The SMILES string of the molecule is CC(=O)O[C@@H]1C[C@@]2(C)C3=CC[C@H]4C(C)(C)C(OC5OCC(O)C(O)C5OC5OCC(O)C(O)C5O)CCC4(C)[C@@H]3CCC23C(=O)O[C@@](C)(CCCC(C)C)[C@@H]13. The van der Waals surface area contributed by atoms with Crippen LogP contribution in [0.5, 0.6) is 0 Å². The second-order valence-electron chi connectivity index (χ2n) is 19.8. The normalized spacial score (nSPS) is 50.3. The van der Waals surface area contributed by atoms with Gasteiger partial charge in [0.2, 0.25) is 0 Å². The number of esters is 2. The first-order chi connectivity index (χ1) is 25.7. The van der Waals surface area contributed by atoms with Crippen LogP contribution >= 0.6 is 0 Å². The van der Waals surface area contributed by atoms with Gasteiger partial charge in [-0.15, -0.1) is 0 Å². The molecule has 5 N–H and O–H groups in total. The van der Waals surface area contributed by atoms with Crippen molar-refractivity contribution in [1.29, 1.82) is 0 Å². The molecule has 1 spiro atoms. The third-order valence-electron chi connectivity index (χ3n) is 15.8. The van der Waals surface area contributed by atoms with Gasteiger partial charge in [0, 0.05) is 12.3 Å². The van der Waals surface area contributed by atoms with Gasteiger partial charge in [0.25, 0.3) is 0 Å². The number of aliphatic hydroxyl groups excluding tert-OH is 5. The summed E-state index contributed by atoms with van der Waals surface area (Å²) in [6.45, 7) is 16.5. The second kappa shape index (κ2) is 14.5. The van der Waals surface area contributed by atoms with E-state index in [0.29, 0.717) is 25.2 Å². The Morgan fingerprint density at radius 1 is 0.909 bits per heavy atom. The van der Waals surface area contributed by atoms with Crippen LogP contribution in [0.1, 0.15) is 113 Å². The van der Waals surface area contributed by atoms with Crippen molar-refractivity contribution in [3.05, 3.63) is 11.6 Å². The van der Waals surface area contributed by atoms with Gasteiger partial charge in [-0.1, -0.05) is 59.6 Å². The van der Waals surface area contributed by atoms with Crippen LogP contribution in [0.3, 0.4) is 0 Å². The van der Waals surface area contributed by atoms with E-state index < -0.39 is 71.7 Å². The van der Waals surface area contributed by atoms with Crippen molar-refractivity contribution in [3.8, 4) is 0 Å². The standard InChI is InChI=1S/C42H66O13/c1-21(2)10-9-15-41(8)34-27(52-22(3)43)18-40(7)24-11-12-28-38(4,5)29(14-16-39(28,6)23(24)13-17-42(34,40)37(49)55-41)53-36-33(31(47)26(45)20-51-36)54-35-32(48)30(46)25(44)19-50-35/h11,21,23,25-36,44-48H,9-10,12-20H2,1-8H3/t23-,25?,26?,27-,28+,29?,30?,31?,32?,33?,34-,35?,36?,39?,40+,41+,42?/m1/s1. The molecule has 13 heteroatoms. The fourth-order valence-corrected chi connectivity index (χ4v) is 13.0. The van der Waals surface area contributed by atoms with E-state index in [1.807, 2.05) is 0 Å². The Morgan fingerprint density at radius 3 is 2.25 bits per heavy atom. The average molecular weight is 779 g/mol. The zero-order chi connectivity index (χ0) is 40.0. The zero-order valence-corrected chi connectivity index (χ0v) is 33.9. The smallest absolute Gasteiger partial charge is 0.314 e. The Morgan fingerprint density at radius 2 is 1.58 bits per heavy atom. The van der Waals surface area contributed by atoms with Crippen molar-refractivity contribution in [1.82, 2.24) is 0 Å². The van der Waals surface area contributed by atoms with E-state index in [1.165, 1.54) is 12.5 Å². The molecule has 4 aliphatic carbocycles. The van der Waals surface area contributed by atoms with Crippen LogP contribution in [-0.4, -0.2) is 118 Å². The highest BCUT2D eigenvalue weighted by atomic mass is 16.7. The summed E-state index contributed by atoms with van der Waals surface area (Å²) in [6.07, 6.45) is -2.12. The molecular weight excluding hydrogens is 712 g/mol. The van der Waals surface area contributed by atoms with Crippen molar-refractivity contribution >= 4 is 11.9 Å². The summed E-state index contributed by atoms with van der Waals surface area (Å²) in [6, 6.07) is 0. The molecule has 3 saturated carbocycles. The fraction of sp³-hybridized carbons (Fsp3) is 0.905. The molecule has 6 fully saturated rings. The van der Waals surface area contributed by atoms with Gasteiger partial charge in [0.1, 0.15) is 48.3 Å². The minimum absolute atomic E-state index is 0.133. The molecule has 13 nitrogen and oxygen atoms in total. The van der Waals surface area contributed by atoms with E-state index in [9.17, 15) is 35.1 Å². The van der Waals surface area contributed by atoms with Crippen LogP contribution in [-0.2, 0) is 38.0 Å². The predicted octanol–water partition coefficient (Wildman–Crippen LogP) is 3.54. The largest absolute Gasteiger partial charge is 0.462 e. The van der Waals surface area contributed by atoms with E-state index in [4.69, 9.17) is 28.4 Å². The van der Waals surface area contributed by atoms with Crippen LogP contribution in [0.2, 0.25) is 0 Å². The highest BCUT2D eigenvalue weighted by molar-refractivity contribution is 5.84. The van der Waals surface area contributed by atoms with Gasteiger partial charge in [-0.25, -0.2) is 0 Å². The lowest BCUT2D eigenvalue weighted by atomic mass is 9.41. The van der Waals surface area contributed by atoms with E-state index in [0.717, 1.165) is 38.5 Å². The number of aliphatic hydroxyl groups is 5. The number of ether oxygens (including phenoxy) is 6. The minimum Gasteiger partial charge on any atom is -0.462 e. The van der Waals surface area contributed by atoms with Crippen molar-refractivity contribution in [2.45, 2.75) is 180 Å². The second-order valence-corrected chi connectivity index (χ2v) is 19.8. The van der Waals surface area contributed by atoms with Crippen LogP contribution in [0.15, 0.2) is 11.6 Å². The molecule has 55 heavy (non-hydrogen) atoms. The molecule has 3 heterocycles. The lowest BCUT2D eigenvalue weighted by Gasteiger charge is -2.63. The van der Waals surface area contributed by atoms with Gasteiger partial charge in [-0.3, -0.25) is 9.59 Å². The number of allylic oxidation sites excluding steroid dienone is 2. The number of carbonyl (C=O) groups excluding carboxylic acids is 2. The maximum Gasteiger partial charge on any atom is 0.314 e. The third kappa shape index (κ3) is 6.45. The molecule has 0 radical (unpaired) electrons. The van der Waals surface area contributed by atoms with Gasteiger partial charge in [-0.05, 0) is 86.9 Å². The number of carbonyl (C=O) groups is 2. The van der Waals surface area contributed by atoms with Crippen LogP contribution < -0.4 is 0 Å². The summed E-state index contributed by atoms with van der Waals surface area (Å²) in [5.74, 6) is 0.221. The van der Waals surface area contributed by atoms with Crippen LogP contribution in [0.25, 0.3) is 0 Å². The van der Waals surface area contributed by atoms with Crippen molar-refractivity contribution in [2.24, 2.45) is 45.3 Å². The molecule has 0 aromatic carbocycles. The molecule has 0 aromatic rings. The summed E-state index contributed by atoms with van der Waals surface area (Å²) in [5.41, 5.74) is -1.25. The van der Waals surface area contributed by atoms with Gasteiger partial charge in [0.15, 0.2) is 12.6 Å². The number of hydrogen-bond donors (Lipinski definition) is 5. The van der Waals surface area contributed by atoms with E-state index in [-0.39, 0.29) is 59.8 Å². The predicted molar refractivity (Wildman–Crippen MR) is 197 cm³/mol. The topological polar surface area (TPSA) is 191 Å². The van der Waals surface area contributed by atoms with Crippen molar-refractivity contribution in [2.75, 3.05) is 13.2 Å². The molecule has 312 valence electrons. The Kier molecular flexibility index (Phi) is 11.0. The molecule has 3 saturated heterocycles. The first-order valence-corrected chi connectivity index (χ1v) is 20.8. The summed E-state index contributed by atoms with van der Waals surface area (Å²) in [7, 11) is 0. The number of fused-ring (bicyclic) bond motifs is 4. The molecule has 0 bridgehead atoms. The summed E-state index contributed by atoms with van der Waals surface area (Å²) in [5, 5.41) is 52.3. The number of cyclic esters (lactones) is 1. The van der Waals surface area contributed by atoms with Crippen molar-refractivity contribution < 1.29 is 63.5 Å². The van der Waals surface area contributed by atoms with Crippen LogP contribution in [0.4, 0.5) is 0 Å². The lowest BCUT2D eigenvalue weighted by molar-refractivity contribution is -0.355. The van der Waals surface area contributed by atoms with Crippen molar-refractivity contribution in [3.63, 3.8) is 0 Å². The van der Waals surface area contributed by atoms with Gasteiger partial charge < -0.3 is 54.0 Å². The van der Waals surface area contributed by atoms with Gasteiger partial charge >= 0.3 is 11.9 Å². The maximum atomic E-state index is 14.5. The quantitative estimate of drug-likeness (QED) is 0.169. The molecule has 7 rings (SSSR count). The number of rotatable bonds is 9. The molecule has 3 aliphatic heterocycles. The number of hydrogen-bond acceptors (Lipinski definition) is 13. The lowest BCUT2D eigenvalue weighted by Crippen LogP contribution is -2.63. The highest BCUT2D eigenvalue weighted by Crippen LogP contribution is 2.76. The molecule has 0 aromatic heterocycles. The Bertz CT molecular complexity index is 1500. The summed E-state index contributed by atoms with van der Waals surface area (Å²) in [4.78, 5) is 27.1. The monoisotopic (exact) mass is 778 g/mol. The Labute approximate surface area is 325 Å². The molecule has 17 atom stereocenters. The molecule has 0 amide bonds. The summed E-state index contributed by atoms with van der Waals surface area (Å²) < 4.78 is 36.7. The molecule has 11 unspecified atom stereocenters. The van der Waals surface area contributed by atoms with E-state index >= 15 is 0 Å². The minimum atomic E-state index is -1.59. The molecular formula is C42H66O13. The van der Waals surface area contributed by atoms with E-state index in [1.54, 1.807) is 0 Å². The Balaban J connectivity index is 1.14. The fourth-order valence-electron chi connectivity index (χ4n) is 13.0. The average Bonchev–Trinajstić information content (AvgIpc) is 3.50. The van der Waals surface area contributed by atoms with Gasteiger partial charge in [-0.2, -0.15) is 0 Å². The van der Waals surface area contributed by atoms with E-state index in [2.05, 4.69) is 54.5 Å². The first kappa shape index (κ1) is 41.5. The summed E-state index contributed by atoms with van der Waals surface area (Å²) >= 11 is 0. The van der Waals surface area contributed by atoms with Crippen LogP contribution in [0, 0.1) is 45.3 Å². The maximum absolute atomic E-state index is 14.5. The third-order valence-corrected chi connectivity index (χ3v) is 15.8.